The molecule has 0 aliphatic carbocycles. The summed E-state index contributed by atoms with van der Waals surface area (Å²) in [6, 6.07) is 16.6. The molecule has 0 saturated heterocycles. The van der Waals surface area contributed by atoms with Crippen molar-refractivity contribution in [2.45, 2.75) is 20.3 Å². The summed E-state index contributed by atoms with van der Waals surface area (Å²) in [6.45, 7) is 4.17. The molecule has 4 heteroatoms. The quantitative estimate of drug-likeness (QED) is 0.725. The normalized spacial score (nSPS) is 9.96. The van der Waals surface area contributed by atoms with Crippen LogP contribution in [0, 0.1) is 18.3 Å². The fourth-order valence-electron chi connectivity index (χ4n) is 2.49. The lowest BCUT2D eigenvalue weighted by Crippen LogP contribution is -1.97. The molecule has 3 aromatic rings. The SMILES string of the molecule is CCc1ccc(Nc2c(C#N)cnc3ccc(C)cc23)cc1.Cl. The van der Waals surface area contributed by atoms with E-state index >= 15 is 0 Å². The standard InChI is InChI=1S/C19H17N3.ClH/c1-3-14-5-7-16(8-6-14)22-19-15(11-20)12-21-18-9-4-13(2)10-17(18)19;/h4-10,12H,3H2,1-2H3,(H,21,22);1H. The Balaban J connectivity index is 0.00000192. The highest BCUT2D eigenvalue weighted by Crippen LogP contribution is 2.29. The monoisotopic (exact) mass is 323 g/mol. The Labute approximate surface area is 142 Å². The van der Waals surface area contributed by atoms with Gasteiger partial charge in [-0.15, -0.1) is 12.4 Å². The van der Waals surface area contributed by atoms with Gasteiger partial charge < -0.3 is 5.32 Å². The number of nitrogens with zero attached hydrogens (tertiary/aromatic N) is 2. The molecule has 0 aliphatic rings. The van der Waals surface area contributed by atoms with Gasteiger partial charge in [-0.1, -0.05) is 30.7 Å². The van der Waals surface area contributed by atoms with Gasteiger partial charge in [0.25, 0.3) is 0 Å². The summed E-state index contributed by atoms with van der Waals surface area (Å²) in [4.78, 5) is 4.36. The van der Waals surface area contributed by atoms with Crippen molar-refractivity contribution in [3.05, 3.63) is 65.4 Å². The second-order valence-electron chi connectivity index (χ2n) is 5.35. The first-order chi connectivity index (χ1) is 10.7. The zero-order chi connectivity index (χ0) is 15.5. The second kappa shape index (κ2) is 7.13. The Morgan fingerprint density at radius 1 is 1.13 bits per heavy atom. The van der Waals surface area contributed by atoms with Gasteiger partial charge in [0.05, 0.1) is 16.8 Å². The third-order valence-electron chi connectivity index (χ3n) is 3.78. The Bertz CT molecular complexity index is 864. The van der Waals surface area contributed by atoms with Gasteiger partial charge in [0.2, 0.25) is 0 Å². The second-order valence-corrected chi connectivity index (χ2v) is 5.35. The minimum atomic E-state index is 0. The average Bonchev–Trinajstić information content (AvgIpc) is 2.56. The summed E-state index contributed by atoms with van der Waals surface area (Å²) < 4.78 is 0. The van der Waals surface area contributed by atoms with Crippen LogP contribution in [-0.2, 0) is 6.42 Å². The highest BCUT2D eigenvalue weighted by atomic mass is 35.5. The number of benzene rings is 2. The lowest BCUT2D eigenvalue weighted by atomic mass is 10.1. The molecule has 0 spiro atoms. The van der Waals surface area contributed by atoms with Crippen LogP contribution in [-0.4, -0.2) is 4.98 Å². The molecule has 0 saturated carbocycles. The van der Waals surface area contributed by atoms with Gasteiger partial charge >= 0.3 is 0 Å². The molecule has 0 fully saturated rings. The van der Waals surface area contributed by atoms with Gasteiger partial charge in [0.1, 0.15) is 6.07 Å². The van der Waals surface area contributed by atoms with Gasteiger partial charge in [-0.05, 0) is 43.2 Å². The van der Waals surface area contributed by atoms with Crippen LogP contribution < -0.4 is 5.32 Å². The van der Waals surface area contributed by atoms with E-state index in [1.807, 2.05) is 31.2 Å². The van der Waals surface area contributed by atoms with Crippen LogP contribution in [0.5, 0.6) is 0 Å². The molecule has 0 aliphatic heterocycles. The number of anilines is 2. The number of halogens is 1. The number of fused-ring (bicyclic) bond motifs is 1. The van der Waals surface area contributed by atoms with E-state index in [1.54, 1.807) is 6.20 Å². The summed E-state index contributed by atoms with van der Waals surface area (Å²) >= 11 is 0. The zero-order valence-electron chi connectivity index (χ0n) is 13.1. The molecule has 116 valence electrons. The minimum Gasteiger partial charge on any atom is -0.354 e. The molecule has 1 heterocycles. The number of rotatable bonds is 3. The Morgan fingerprint density at radius 3 is 2.52 bits per heavy atom. The molecule has 0 bridgehead atoms. The smallest absolute Gasteiger partial charge is 0.103 e. The predicted molar refractivity (Wildman–Crippen MR) is 97.5 cm³/mol. The van der Waals surface area contributed by atoms with Crippen LogP contribution in [0.2, 0.25) is 0 Å². The summed E-state index contributed by atoms with van der Waals surface area (Å²) in [7, 11) is 0. The van der Waals surface area contributed by atoms with Crippen molar-refractivity contribution in [2.75, 3.05) is 5.32 Å². The summed E-state index contributed by atoms with van der Waals surface area (Å²) in [5.41, 5.74) is 5.67. The molecule has 0 unspecified atom stereocenters. The Kier molecular flexibility index (Phi) is 5.20. The fourth-order valence-corrected chi connectivity index (χ4v) is 2.49. The summed E-state index contributed by atoms with van der Waals surface area (Å²) in [6.07, 6.45) is 2.64. The lowest BCUT2D eigenvalue weighted by Gasteiger charge is -2.12. The van der Waals surface area contributed by atoms with Gasteiger partial charge in [-0.25, -0.2) is 0 Å². The molecule has 1 N–H and O–H groups in total. The van der Waals surface area contributed by atoms with E-state index in [0.717, 1.165) is 34.3 Å². The highest BCUT2D eigenvalue weighted by Gasteiger charge is 2.09. The number of nitriles is 1. The van der Waals surface area contributed by atoms with Crippen LogP contribution in [0.15, 0.2) is 48.7 Å². The van der Waals surface area contributed by atoms with Crippen LogP contribution in [0.3, 0.4) is 0 Å². The van der Waals surface area contributed by atoms with E-state index in [1.165, 1.54) is 5.56 Å². The van der Waals surface area contributed by atoms with Crippen molar-refractivity contribution in [2.24, 2.45) is 0 Å². The van der Waals surface area contributed by atoms with Crippen molar-refractivity contribution in [1.82, 2.24) is 4.98 Å². The maximum Gasteiger partial charge on any atom is 0.103 e. The third-order valence-corrected chi connectivity index (χ3v) is 3.78. The molecule has 0 amide bonds. The maximum atomic E-state index is 9.38. The van der Waals surface area contributed by atoms with E-state index in [9.17, 15) is 5.26 Å². The molecule has 3 rings (SSSR count). The Hall–Kier alpha value is -2.57. The number of hydrogen-bond donors (Lipinski definition) is 1. The van der Waals surface area contributed by atoms with Gasteiger partial charge in [0.15, 0.2) is 0 Å². The summed E-state index contributed by atoms with van der Waals surface area (Å²) in [5, 5.41) is 13.7. The van der Waals surface area contributed by atoms with Gasteiger partial charge in [-0.2, -0.15) is 5.26 Å². The first-order valence-electron chi connectivity index (χ1n) is 7.36. The average molecular weight is 324 g/mol. The van der Waals surface area contributed by atoms with Crippen molar-refractivity contribution in [3.63, 3.8) is 0 Å². The maximum absolute atomic E-state index is 9.38. The van der Waals surface area contributed by atoms with Crippen LogP contribution >= 0.6 is 12.4 Å². The highest BCUT2D eigenvalue weighted by molar-refractivity contribution is 5.96. The molecule has 1 aromatic heterocycles. The van der Waals surface area contributed by atoms with E-state index in [0.29, 0.717) is 5.56 Å². The first kappa shape index (κ1) is 16.8. The minimum absolute atomic E-state index is 0. The van der Waals surface area contributed by atoms with Crippen molar-refractivity contribution in [1.29, 1.82) is 5.26 Å². The van der Waals surface area contributed by atoms with E-state index < -0.39 is 0 Å². The van der Waals surface area contributed by atoms with Crippen molar-refractivity contribution >= 4 is 34.7 Å². The predicted octanol–water partition coefficient (Wildman–Crippen LogP) is 5.14. The molecular weight excluding hydrogens is 306 g/mol. The number of aromatic nitrogens is 1. The van der Waals surface area contributed by atoms with E-state index in [4.69, 9.17) is 0 Å². The first-order valence-corrected chi connectivity index (χ1v) is 7.36. The summed E-state index contributed by atoms with van der Waals surface area (Å²) in [5.74, 6) is 0. The lowest BCUT2D eigenvalue weighted by molar-refractivity contribution is 1.14. The number of nitrogens with one attached hydrogen (secondary N) is 1. The van der Waals surface area contributed by atoms with Gasteiger partial charge in [-0.3, -0.25) is 4.98 Å². The molecule has 3 nitrogen and oxygen atoms in total. The topological polar surface area (TPSA) is 48.7 Å². The van der Waals surface area contributed by atoms with E-state index in [2.05, 4.69) is 41.5 Å². The fraction of sp³-hybridized carbons (Fsp3) is 0.158. The molecule has 2 aromatic carbocycles. The van der Waals surface area contributed by atoms with Crippen LogP contribution in [0.25, 0.3) is 10.9 Å². The van der Waals surface area contributed by atoms with E-state index in [-0.39, 0.29) is 12.4 Å². The third kappa shape index (κ3) is 3.44. The van der Waals surface area contributed by atoms with Crippen molar-refractivity contribution < 1.29 is 0 Å². The largest absolute Gasteiger partial charge is 0.354 e. The number of aryl methyl sites for hydroxylation is 2. The molecule has 0 radical (unpaired) electrons. The Morgan fingerprint density at radius 2 is 1.87 bits per heavy atom. The molecular formula is C19H18ClN3. The number of hydrogen-bond acceptors (Lipinski definition) is 3. The molecule has 0 atom stereocenters. The zero-order valence-corrected chi connectivity index (χ0v) is 13.9. The number of pyridine rings is 1. The molecule has 23 heavy (non-hydrogen) atoms. The van der Waals surface area contributed by atoms with Gasteiger partial charge in [0, 0.05) is 17.3 Å². The van der Waals surface area contributed by atoms with Crippen molar-refractivity contribution in [3.8, 4) is 6.07 Å². The van der Waals surface area contributed by atoms with Crippen LogP contribution in [0.1, 0.15) is 23.6 Å². The van der Waals surface area contributed by atoms with Crippen LogP contribution in [0.4, 0.5) is 11.4 Å².